The summed E-state index contributed by atoms with van der Waals surface area (Å²) in [6, 6.07) is 0.312. The fraction of sp³-hybridized carbons (Fsp3) is 0.786. The minimum absolute atomic E-state index is 0.312. The van der Waals surface area contributed by atoms with Crippen molar-refractivity contribution < 1.29 is 4.74 Å². The smallest absolute Gasteiger partial charge is 0.323 e. The SMILES string of the molecule is CCCOc1nc(NN)nc(N(CC(C)C)CC(C)C)n1. The van der Waals surface area contributed by atoms with Crippen LogP contribution in [0.25, 0.3) is 0 Å². The van der Waals surface area contributed by atoms with Crippen LogP contribution in [0.3, 0.4) is 0 Å². The zero-order valence-electron chi connectivity index (χ0n) is 13.8. The molecule has 0 atom stereocenters. The van der Waals surface area contributed by atoms with Crippen LogP contribution >= 0.6 is 0 Å². The van der Waals surface area contributed by atoms with Crippen molar-refractivity contribution in [2.45, 2.75) is 41.0 Å². The van der Waals surface area contributed by atoms with Gasteiger partial charge in [0.1, 0.15) is 0 Å². The summed E-state index contributed by atoms with van der Waals surface area (Å²) >= 11 is 0. The molecule has 1 heterocycles. The number of nitrogens with zero attached hydrogens (tertiary/aromatic N) is 4. The second-order valence-corrected chi connectivity index (χ2v) is 5.93. The third-order valence-corrected chi connectivity index (χ3v) is 2.62. The van der Waals surface area contributed by atoms with E-state index in [4.69, 9.17) is 10.6 Å². The van der Waals surface area contributed by atoms with Gasteiger partial charge < -0.3 is 9.64 Å². The van der Waals surface area contributed by atoms with Crippen molar-refractivity contribution in [1.29, 1.82) is 0 Å². The fourth-order valence-corrected chi connectivity index (χ4v) is 1.93. The van der Waals surface area contributed by atoms with E-state index in [1.165, 1.54) is 0 Å². The van der Waals surface area contributed by atoms with Crippen LogP contribution in [0.1, 0.15) is 41.0 Å². The summed E-state index contributed by atoms with van der Waals surface area (Å²) in [7, 11) is 0. The summed E-state index contributed by atoms with van der Waals surface area (Å²) < 4.78 is 5.51. The van der Waals surface area contributed by atoms with Crippen LogP contribution in [-0.2, 0) is 0 Å². The van der Waals surface area contributed by atoms with Gasteiger partial charge in [0, 0.05) is 13.1 Å². The normalized spacial score (nSPS) is 11.0. The first-order valence-corrected chi connectivity index (χ1v) is 7.56. The standard InChI is InChI=1S/C14H28N6O/c1-6-7-21-14-17-12(19-15)16-13(18-14)20(8-10(2)3)9-11(4)5/h10-11H,6-9,15H2,1-5H3,(H,16,17,18,19). The number of anilines is 2. The molecule has 1 rings (SSSR count). The van der Waals surface area contributed by atoms with Gasteiger partial charge in [-0.2, -0.15) is 15.0 Å². The zero-order valence-corrected chi connectivity index (χ0v) is 13.8. The van der Waals surface area contributed by atoms with Crippen LogP contribution in [0.5, 0.6) is 6.01 Å². The summed E-state index contributed by atoms with van der Waals surface area (Å²) in [6.07, 6.45) is 0.897. The predicted molar refractivity (Wildman–Crippen MR) is 85.3 cm³/mol. The van der Waals surface area contributed by atoms with Crippen LogP contribution in [0.2, 0.25) is 0 Å². The van der Waals surface area contributed by atoms with Gasteiger partial charge in [-0.1, -0.05) is 34.6 Å². The Morgan fingerprint density at radius 2 is 1.71 bits per heavy atom. The lowest BCUT2D eigenvalue weighted by molar-refractivity contribution is 0.291. The number of rotatable bonds is 9. The van der Waals surface area contributed by atoms with Gasteiger partial charge in [0.25, 0.3) is 0 Å². The van der Waals surface area contributed by atoms with Crippen molar-refractivity contribution in [3.63, 3.8) is 0 Å². The van der Waals surface area contributed by atoms with E-state index in [0.29, 0.717) is 36.3 Å². The van der Waals surface area contributed by atoms with Crippen molar-refractivity contribution in [3.8, 4) is 6.01 Å². The van der Waals surface area contributed by atoms with Crippen LogP contribution in [0, 0.1) is 11.8 Å². The van der Waals surface area contributed by atoms with E-state index in [2.05, 4.69) is 53.0 Å². The van der Waals surface area contributed by atoms with Crippen LogP contribution in [0.15, 0.2) is 0 Å². The van der Waals surface area contributed by atoms with Gasteiger partial charge in [-0.15, -0.1) is 0 Å². The molecule has 120 valence electrons. The number of hydrazine groups is 1. The molecule has 0 radical (unpaired) electrons. The van der Waals surface area contributed by atoms with Gasteiger partial charge in [0.05, 0.1) is 6.61 Å². The Morgan fingerprint density at radius 1 is 1.10 bits per heavy atom. The van der Waals surface area contributed by atoms with Crippen LogP contribution in [-0.4, -0.2) is 34.6 Å². The third kappa shape index (κ3) is 6.12. The molecule has 0 aromatic carbocycles. The Balaban J connectivity index is 3.03. The molecule has 0 spiro atoms. The van der Waals surface area contributed by atoms with E-state index in [0.717, 1.165) is 19.5 Å². The molecule has 0 amide bonds. The highest BCUT2D eigenvalue weighted by atomic mass is 16.5. The Morgan fingerprint density at radius 3 is 2.19 bits per heavy atom. The second-order valence-electron chi connectivity index (χ2n) is 5.93. The molecular weight excluding hydrogens is 268 g/mol. The molecule has 0 saturated heterocycles. The predicted octanol–water partition coefficient (Wildman–Crippen LogP) is 2.06. The number of ether oxygens (including phenoxy) is 1. The molecule has 0 bridgehead atoms. The molecule has 3 N–H and O–H groups in total. The Kier molecular flexibility index (Phi) is 7.14. The zero-order chi connectivity index (χ0) is 15.8. The maximum absolute atomic E-state index is 5.51. The summed E-state index contributed by atoms with van der Waals surface area (Å²) in [5.41, 5.74) is 2.48. The summed E-state index contributed by atoms with van der Waals surface area (Å²) in [6.45, 7) is 13.0. The molecule has 1 aromatic heterocycles. The first-order chi connectivity index (χ1) is 9.96. The van der Waals surface area contributed by atoms with Gasteiger partial charge in [-0.3, -0.25) is 5.43 Å². The highest BCUT2D eigenvalue weighted by Crippen LogP contribution is 2.17. The van der Waals surface area contributed by atoms with Crippen molar-refractivity contribution in [1.82, 2.24) is 15.0 Å². The quantitative estimate of drug-likeness (QED) is 0.532. The third-order valence-electron chi connectivity index (χ3n) is 2.62. The minimum atomic E-state index is 0.312. The van der Waals surface area contributed by atoms with Gasteiger partial charge in [-0.05, 0) is 18.3 Å². The monoisotopic (exact) mass is 296 g/mol. The Bertz CT molecular complexity index is 414. The van der Waals surface area contributed by atoms with Crippen LogP contribution < -0.4 is 20.9 Å². The van der Waals surface area contributed by atoms with E-state index < -0.39 is 0 Å². The van der Waals surface area contributed by atoms with E-state index in [1.54, 1.807) is 0 Å². The average molecular weight is 296 g/mol. The van der Waals surface area contributed by atoms with Crippen molar-refractivity contribution in [2.75, 3.05) is 30.0 Å². The molecule has 21 heavy (non-hydrogen) atoms. The summed E-state index contributed by atoms with van der Waals surface area (Å²) in [5.74, 6) is 7.39. The highest BCUT2D eigenvalue weighted by Gasteiger charge is 2.16. The number of hydrogen-bond donors (Lipinski definition) is 2. The van der Waals surface area contributed by atoms with Gasteiger partial charge in [-0.25, -0.2) is 5.84 Å². The number of aromatic nitrogens is 3. The van der Waals surface area contributed by atoms with Gasteiger partial charge in [0.2, 0.25) is 11.9 Å². The number of hydrogen-bond acceptors (Lipinski definition) is 7. The van der Waals surface area contributed by atoms with Crippen LogP contribution in [0.4, 0.5) is 11.9 Å². The van der Waals surface area contributed by atoms with E-state index >= 15 is 0 Å². The molecule has 7 heteroatoms. The lowest BCUT2D eigenvalue weighted by atomic mass is 10.1. The van der Waals surface area contributed by atoms with Gasteiger partial charge >= 0.3 is 6.01 Å². The highest BCUT2D eigenvalue weighted by molar-refractivity contribution is 5.37. The fourth-order valence-electron chi connectivity index (χ4n) is 1.93. The first kappa shape index (κ1) is 17.4. The molecule has 7 nitrogen and oxygen atoms in total. The molecule has 0 saturated carbocycles. The van der Waals surface area contributed by atoms with E-state index in [1.807, 2.05) is 6.92 Å². The average Bonchev–Trinajstić information content (AvgIpc) is 2.43. The lowest BCUT2D eigenvalue weighted by Gasteiger charge is -2.26. The molecule has 0 aliphatic carbocycles. The maximum atomic E-state index is 5.51. The van der Waals surface area contributed by atoms with E-state index in [-0.39, 0.29) is 0 Å². The number of nitrogens with one attached hydrogen (secondary N) is 1. The molecule has 0 aliphatic heterocycles. The second kappa shape index (κ2) is 8.61. The maximum Gasteiger partial charge on any atom is 0.323 e. The van der Waals surface area contributed by atoms with E-state index in [9.17, 15) is 0 Å². The molecule has 1 aromatic rings. The largest absolute Gasteiger partial charge is 0.463 e. The topological polar surface area (TPSA) is 89.2 Å². The van der Waals surface area contributed by atoms with Crippen molar-refractivity contribution in [2.24, 2.45) is 17.7 Å². The molecule has 0 aliphatic rings. The molecule has 0 unspecified atom stereocenters. The van der Waals surface area contributed by atoms with Crippen molar-refractivity contribution >= 4 is 11.9 Å². The van der Waals surface area contributed by atoms with Crippen molar-refractivity contribution in [3.05, 3.63) is 0 Å². The molecular formula is C14H28N6O. The minimum Gasteiger partial charge on any atom is -0.463 e. The Hall–Kier alpha value is -1.63. The number of nitrogens with two attached hydrogens (primary N) is 1. The Labute approximate surface area is 127 Å². The summed E-state index contributed by atoms with van der Waals surface area (Å²) in [5, 5.41) is 0. The number of nitrogen functional groups attached to an aromatic ring is 1. The van der Waals surface area contributed by atoms with Gasteiger partial charge in [0.15, 0.2) is 0 Å². The lowest BCUT2D eigenvalue weighted by Crippen LogP contribution is -2.33. The first-order valence-electron chi connectivity index (χ1n) is 7.56. The molecule has 0 fully saturated rings. The summed E-state index contributed by atoms with van der Waals surface area (Å²) in [4.78, 5) is 15.0.